The lowest BCUT2D eigenvalue weighted by Crippen LogP contribution is -2.56. The first kappa shape index (κ1) is 90.0. The standard InChI is InChI=1S/C32H42FN2O17P.C24H35ClFN2O17P.CHN.H3N/c1-7-22(24(37)21-11-9-8-10-12-21)25(38)51-26-31(6,42)27(35-14-13-23(36)34-28(35)39)52-32(26,15-33)16-46-53(43,47-17-44-29(40)49-19(2)3)48-18-45-30(41)50-20(4)5;1-13(2)42-21(33)37-11-40-46(36,41-12-38-22(34)43-14(3)4)39-10-24(9-26)18(44-17(31)15(25)8-29)23(5,35)19(45-24)28-7-6-16(30)27-20(28)32;1-2;/h8-14,19-20,22,26-27,42H,7,15-18H2,1-6H3,(H,34,36,39);6-7,13-15,18-19,29,35H,8-12H2,1-5H3,(H,27,30,32);1H;1H3/t22?,26-,27+,31+,32+;15?,18-,19+,23+,24+;;/m00../s1. The predicted octanol–water partition coefficient (Wildman–Crippen LogP) is 5.08. The largest absolute Gasteiger partial charge is 0.510 e. The molecule has 8 N–H and O–H groups in total. The maximum atomic E-state index is 15.4. The van der Waals surface area contributed by atoms with Crippen LogP contribution in [-0.2, 0) is 103 Å². The number of nitrogens with zero attached hydrogens (tertiary/aromatic N) is 3. The van der Waals surface area contributed by atoms with Crippen LogP contribution in [0.2, 0.25) is 0 Å². The van der Waals surface area contributed by atoms with Gasteiger partial charge in [-0.3, -0.25) is 52.1 Å². The molecule has 0 bridgehead atoms. The van der Waals surface area contributed by atoms with E-state index in [4.69, 9.17) is 91.4 Å². The van der Waals surface area contributed by atoms with Gasteiger partial charge in [-0.05, 0) is 75.7 Å². The van der Waals surface area contributed by atoms with Gasteiger partial charge in [0.05, 0.1) is 44.2 Å². The number of carbonyl (C=O) groups is 7. The van der Waals surface area contributed by atoms with Crippen LogP contribution in [0.15, 0.2) is 74.0 Å². The fourth-order valence-electron chi connectivity index (χ4n) is 8.77. The second-order valence-electron chi connectivity index (χ2n) is 22.5. The highest BCUT2D eigenvalue weighted by atomic mass is 35.5. The molecule has 574 valence electrons. The molecule has 0 aliphatic carbocycles. The minimum atomic E-state index is -5.10. The van der Waals surface area contributed by atoms with E-state index in [-0.39, 0.29) is 18.1 Å². The van der Waals surface area contributed by atoms with Crippen molar-refractivity contribution in [2.45, 2.75) is 159 Å². The number of Topliss-reactive ketones (excluding diaryl/α,β-unsaturated/α-hetero) is 1. The Kier molecular flexibility index (Phi) is 35.9. The molecule has 40 nitrogen and oxygen atoms in total. The highest BCUT2D eigenvalue weighted by Gasteiger charge is 2.67. The predicted molar refractivity (Wildman–Crippen MR) is 336 cm³/mol. The van der Waals surface area contributed by atoms with Crippen LogP contribution >= 0.6 is 27.2 Å². The van der Waals surface area contributed by atoms with Crippen molar-refractivity contribution in [1.29, 1.82) is 5.26 Å². The molecule has 2 aromatic heterocycles. The number of H-pyrrole nitrogens is 2. The van der Waals surface area contributed by atoms with Gasteiger partial charge in [-0.25, -0.2) is 70.0 Å². The lowest BCUT2D eigenvalue weighted by atomic mass is 9.87. The number of ketones is 1. The number of hydrogen-bond donors (Lipinski definition) is 6. The van der Waals surface area contributed by atoms with E-state index in [1.165, 1.54) is 74.4 Å². The van der Waals surface area contributed by atoms with Crippen molar-refractivity contribution in [3.63, 3.8) is 0 Å². The van der Waals surface area contributed by atoms with Gasteiger partial charge in [-0.1, -0.05) is 37.3 Å². The second kappa shape index (κ2) is 40.7. The Morgan fingerprint density at radius 1 is 0.588 bits per heavy atom. The molecule has 0 spiro atoms. The fraction of sp³-hybridized carbons (Fsp3) is 0.614. The molecule has 2 unspecified atom stereocenters. The number of aliphatic hydroxyl groups is 3. The molecule has 1 aromatic carbocycles. The highest BCUT2D eigenvalue weighted by Crippen LogP contribution is 2.55. The number of aromatic amines is 2. The van der Waals surface area contributed by atoms with E-state index in [1.54, 1.807) is 18.2 Å². The molecular formula is C57H81ClF2N6O34P2. The van der Waals surface area contributed by atoms with Gasteiger partial charge in [-0.2, -0.15) is 0 Å². The molecule has 2 aliphatic heterocycles. The molecule has 5 rings (SSSR count). The van der Waals surface area contributed by atoms with E-state index in [2.05, 4.69) is 16.0 Å². The van der Waals surface area contributed by atoms with E-state index in [0.29, 0.717) is 9.13 Å². The van der Waals surface area contributed by atoms with E-state index < -0.39 is 224 Å². The number of nitriles is 1. The van der Waals surface area contributed by atoms with E-state index >= 15 is 4.39 Å². The molecule has 2 saturated heterocycles. The summed E-state index contributed by atoms with van der Waals surface area (Å²) in [6.07, 6.45) is -13.8. The number of aliphatic hydroxyl groups excluding tert-OH is 1. The molecule has 0 radical (unpaired) electrons. The smallest absolute Gasteiger partial charge is 0.455 e. The van der Waals surface area contributed by atoms with E-state index in [1.807, 2.05) is 9.97 Å². The Hall–Kier alpha value is -8.11. The SMILES string of the molecule is C#N.CC(C)OC(=O)OCOP(=O)(OCOC(=O)OC(C)C)OC[C@@]1(CF)O[C@@H](n2ccc(=O)[nH]c2=O)[C@](C)(O)[C@@H]1OC(=O)C(Cl)CO.CCC(C(=O)O[C@@H]1[C@@](CF)(COP(=O)(OCOC(=O)OC(C)C)OCOC(=O)OC(C)C)O[C@@H](n2ccc(=O)[nH]c2=O)[C@]1(C)O)C(=O)c1ccccc1.N. The van der Waals surface area contributed by atoms with Crippen LogP contribution in [0.5, 0.6) is 0 Å². The Morgan fingerprint density at radius 3 is 1.20 bits per heavy atom. The molecule has 0 amide bonds. The van der Waals surface area contributed by atoms with Crippen molar-refractivity contribution >= 4 is 69.6 Å². The molecule has 102 heavy (non-hydrogen) atoms. The summed E-state index contributed by atoms with van der Waals surface area (Å²) in [5.41, 5.74) is -14.1. The van der Waals surface area contributed by atoms with Gasteiger partial charge in [0.2, 0.25) is 27.2 Å². The molecule has 2 aliphatic rings. The maximum absolute atomic E-state index is 15.4. The molecule has 4 heterocycles. The van der Waals surface area contributed by atoms with Crippen molar-refractivity contribution in [3.8, 4) is 6.57 Å². The van der Waals surface area contributed by atoms with Crippen LogP contribution in [0.1, 0.15) is 105 Å². The molecule has 0 saturated carbocycles. The first-order valence-electron chi connectivity index (χ1n) is 29.7. The molecule has 3 aromatic rings. The van der Waals surface area contributed by atoms with Gasteiger partial charge < -0.3 is 78.3 Å². The van der Waals surface area contributed by atoms with Crippen molar-refractivity contribution in [1.82, 2.24) is 25.3 Å². The fourth-order valence-corrected chi connectivity index (χ4v) is 10.8. The number of rotatable bonds is 34. The number of phosphoric acid groups is 2. The number of ether oxygens (including phenoxy) is 12. The minimum absolute atomic E-state index is 0. The van der Waals surface area contributed by atoms with E-state index in [9.17, 15) is 81.6 Å². The first-order valence-corrected chi connectivity index (χ1v) is 33.1. The van der Waals surface area contributed by atoms with Gasteiger partial charge in [0.25, 0.3) is 11.1 Å². The Balaban J connectivity index is 0.000000677. The summed E-state index contributed by atoms with van der Waals surface area (Å²) in [5.74, 6) is -4.72. The maximum Gasteiger partial charge on any atom is 0.510 e. The van der Waals surface area contributed by atoms with Gasteiger partial charge in [0.15, 0.2) is 47.0 Å². The third kappa shape index (κ3) is 25.7. The number of halogens is 3. The minimum Gasteiger partial charge on any atom is -0.455 e. The topological polar surface area (TPSA) is 549 Å². The van der Waals surface area contributed by atoms with E-state index in [0.717, 1.165) is 38.4 Å². The molecule has 10 atom stereocenters. The van der Waals surface area contributed by atoms with Crippen LogP contribution in [0, 0.1) is 17.8 Å². The van der Waals surface area contributed by atoms with Gasteiger partial charge in [0.1, 0.15) is 30.5 Å². The molecule has 2 fully saturated rings. The van der Waals surface area contributed by atoms with Crippen molar-refractivity contribution < 1.29 is 151 Å². The number of carbonyl (C=O) groups excluding carboxylic acids is 7. The van der Waals surface area contributed by atoms with Crippen molar-refractivity contribution in [3.05, 3.63) is 102 Å². The average molecular weight is 1530 g/mol. The summed E-state index contributed by atoms with van der Waals surface area (Å²) in [5, 5.41) is 37.4. The second-order valence-corrected chi connectivity index (χ2v) is 26.3. The summed E-state index contributed by atoms with van der Waals surface area (Å²) in [6.45, 7) is 7.65. The Morgan fingerprint density at radius 2 is 0.912 bits per heavy atom. The number of aromatic nitrogens is 4. The Bertz CT molecular complexity index is 3570. The monoisotopic (exact) mass is 1530 g/mol. The average Bonchev–Trinajstić information content (AvgIpc) is 1.58. The molecule has 45 heteroatoms. The lowest BCUT2D eigenvalue weighted by molar-refractivity contribution is -0.178. The zero-order valence-corrected chi connectivity index (χ0v) is 59.2. The summed E-state index contributed by atoms with van der Waals surface area (Å²) < 4.78 is 149. The van der Waals surface area contributed by atoms with Gasteiger partial charge >= 0.3 is 63.6 Å². The summed E-state index contributed by atoms with van der Waals surface area (Å²) in [7, 11) is -10.2. The number of alkyl halides is 3. The third-order valence-corrected chi connectivity index (χ3v) is 16.0. The third-order valence-electron chi connectivity index (χ3n) is 13.1. The lowest BCUT2D eigenvalue weighted by Gasteiger charge is -2.35. The zero-order chi connectivity index (χ0) is 76.4. The Labute approximate surface area is 583 Å². The summed E-state index contributed by atoms with van der Waals surface area (Å²) in [4.78, 5) is 139. The van der Waals surface area contributed by atoms with Crippen LogP contribution in [0.25, 0.3) is 0 Å². The first-order chi connectivity index (χ1) is 47.3. The highest BCUT2D eigenvalue weighted by molar-refractivity contribution is 7.48. The zero-order valence-electron chi connectivity index (χ0n) is 56.7. The quantitative estimate of drug-likeness (QED) is 0.00863. The van der Waals surface area contributed by atoms with Crippen molar-refractivity contribution in [2.75, 3.05) is 60.3 Å². The van der Waals surface area contributed by atoms with Gasteiger partial charge in [0, 0.05) is 36.7 Å². The van der Waals surface area contributed by atoms with Crippen LogP contribution in [-0.4, -0.2) is 202 Å². The molecular weight excluding hydrogens is 1450 g/mol. The van der Waals surface area contributed by atoms with Crippen LogP contribution < -0.4 is 28.6 Å². The summed E-state index contributed by atoms with van der Waals surface area (Å²) in [6, 6.07) is 9.47. The van der Waals surface area contributed by atoms with Crippen LogP contribution in [0.3, 0.4) is 0 Å². The number of benzene rings is 1. The number of phosphoric ester groups is 2. The normalized spacial score (nSPS) is 22.1. The van der Waals surface area contributed by atoms with Crippen LogP contribution in [0.4, 0.5) is 28.0 Å². The van der Waals surface area contributed by atoms with Crippen molar-refractivity contribution in [2.24, 2.45) is 5.92 Å². The number of hydrogen-bond acceptors (Lipinski definition) is 36. The summed E-state index contributed by atoms with van der Waals surface area (Å²) >= 11 is 5.74. The number of nitrogens with one attached hydrogen (secondary N) is 2. The van der Waals surface area contributed by atoms with Gasteiger partial charge in [-0.15, -0.1) is 11.6 Å². The number of esters is 2.